The van der Waals surface area contributed by atoms with Crippen LogP contribution in [0.2, 0.25) is 0 Å². The van der Waals surface area contributed by atoms with E-state index in [0.29, 0.717) is 0 Å². The Labute approximate surface area is 191 Å². The zero-order chi connectivity index (χ0) is 23.8. The molecule has 3 rings (SSSR count). The van der Waals surface area contributed by atoms with Gasteiger partial charge in [0.05, 0.1) is 0 Å². The van der Waals surface area contributed by atoms with Gasteiger partial charge < -0.3 is 30.3 Å². The Morgan fingerprint density at radius 2 is 1.61 bits per heavy atom. The number of fused-ring (bicyclic) bond motifs is 3. The van der Waals surface area contributed by atoms with Crippen LogP contribution < -0.4 is 10.6 Å². The van der Waals surface area contributed by atoms with Gasteiger partial charge in [-0.2, -0.15) is 0 Å². The number of hydrogen-bond donors (Lipinski definition) is 4. The molecule has 0 spiro atoms. The molecule has 0 bridgehead atoms. The predicted octanol–water partition coefficient (Wildman–Crippen LogP) is 1.88. The molecular formula is C24H28N2O7. The largest absolute Gasteiger partial charge is 0.480 e. The van der Waals surface area contributed by atoms with E-state index in [4.69, 9.17) is 19.7 Å². The molecule has 2 atom stereocenters. The van der Waals surface area contributed by atoms with E-state index in [1.54, 1.807) is 0 Å². The first-order valence-electron chi connectivity index (χ1n) is 10.7. The van der Waals surface area contributed by atoms with E-state index in [0.717, 1.165) is 22.3 Å². The van der Waals surface area contributed by atoms with Gasteiger partial charge in [-0.1, -0.05) is 48.5 Å². The summed E-state index contributed by atoms with van der Waals surface area (Å²) >= 11 is 0. The number of alkyl carbamates (subject to hydrolysis) is 1. The molecule has 1 aliphatic rings. The van der Waals surface area contributed by atoms with Crippen molar-refractivity contribution in [1.82, 2.24) is 10.6 Å². The Morgan fingerprint density at radius 3 is 2.15 bits per heavy atom. The highest BCUT2D eigenvalue weighted by molar-refractivity contribution is 5.86. The highest BCUT2D eigenvalue weighted by Crippen LogP contribution is 2.44. The molecule has 0 aliphatic heterocycles. The molecule has 1 unspecified atom stereocenters. The second-order valence-electron chi connectivity index (χ2n) is 7.68. The molecule has 0 radical (unpaired) electrons. The van der Waals surface area contributed by atoms with Gasteiger partial charge in [0.25, 0.3) is 0 Å². The number of nitrogens with one attached hydrogen (secondary N) is 2. The summed E-state index contributed by atoms with van der Waals surface area (Å²) < 4.78 is 10.6. The van der Waals surface area contributed by atoms with Gasteiger partial charge in [-0.25, -0.2) is 9.59 Å². The van der Waals surface area contributed by atoms with Crippen LogP contribution in [0.25, 0.3) is 11.1 Å². The Bertz CT molecular complexity index is 949. The number of hydrogen-bond acceptors (Lipinski definition) is 6. The number of carbonyl (C=O) groups excluding carboxylic acids is 2. The summed E-state index contributed by atoms with van der Waals surface area (Å²) in [5.41, 5.74) is 4.49. The zero-order valence-electron chi connectivity index (χ0n) is 18.3. The van der Waals surface area contributed by atoms with E-state index in [1.807, 2.05) is 36.4 Å². The molecule has 4 N–H and O–H groups in total. The van der Waals surface area contributed by atoms with Crippen LogP contribution >= 0.6 is 0 Å². The third kappa shape index (κ3) is 5.88. The lowest BCUT2D eigenvalue weighted by molar-refractivity contribution is -0.144. The van der Waals surface area contributed by atoms with Gasteiger partial charge in [0.1, 0.15) is 18.8 Å². The van der Waals surface area contributed by atoms with Crippen LogP contribution in [0.1, 0.15) is 29.9 Å². The van der Waals surface area contributed by atoms with Crippen LogP contribution in [-0.4, -0.2) is 67.2 Å². The van der Waals surface area contributed by atoms with Gasteiger partial charge in [-0.3, -0.25) is 4.79 Å². The van der Waals surface area contributed by atoms with Crippen LogP contribution in [0.5, 0.6) is 0 Å². The number of aliphatic carboxylic acids is 1. The van der Waals surface area contributed by atoms with Crippen molar-refractivity contribution in [3.8, 4) is 11.1 Å². The van der Waals surface area contributed by atoms with Crippen molar-refractivity contribution in [2.24, 2.45) is 0 Å². The maximum atomic E-state index is 12.2. The minimum atomic E-state index is -1.25. The molecule has 1 aliphatic carbocycles. The first kappa shape index (κ1) is 24.2. The minimum absolute atomic E-state index is 0.0554. The zero-order valence-corrected chi connectivity index (χ0v) is 18.3. The maximum Gasteiger partial charge on any atom is 0.407 e. The highest BCUT2D eigenvalue weighted by atomic mass is 16.5. The van der Waals surface area contributed by atoms with E-state index in [9.17, 15) is 14.4 Å². The number of amides is 2. The highest BCUT2D eigenvalue weighted by Gasteiger charge is 2.29. The Kier molecular flexibility index (Phi) is 8.39. The lowest BCUT2D eigenvalue weighted by Gasteiger charge is -2.19. The summed E-state index contributed by atoms with van der Waals surface area (Å²) in [6.07, 6.45) is -1.57. The number of aliphatic hydroxyl groups excluding tert-OH is 1. The van der Waals surface area contributed by atoms with Crippen molar-refractivity contribution in [2.75, 3.05) is 26.9 Å². The van der Waals surface area contributed by atoms with Gasteiger partial charge >= 0.3 is 12.1 Å². The van der Waals surface area contributed by atoms with Crippen molar-refractivity contribution in [1.29, 1.82) is 0 Å². The number of rotatable bonds is 11. The molecule has 0 saturated heterocycles. The number of carboxylic acid groups (broad SMARTS) is 1. The van der Waals surface area contributed by atoms with E-state index in [2.05, 4.69) is 22.8 Å². The first-order chi connectivity index (χ1) is 16.0. The second kappa shape index (κ2) is 11.4. The number of carboxylic acids is 1. The number of aliphatic hydroxyl groups is 1. The number of benzene rings is 2. The summed E-state index contributed by atoms with van der Waals surface area (Å²) in [6.45, 7) is -0.103. The Hall–Kier alpha value is -3.43. The van der Waals surface area contributed by atoms with E-state index < -0.39 is 30.1 Å². The molecule has 2 aromatic carbocycles. The SMILES string of the molecule is COC(CCNC(=O)OCC1c2ccccc2-c2ccccc21)C(=O)N[C@@H](CCO)C(=O)O. The van der Waals surface area contributed by atoms with E-state index in [1.165, 1.54) is 7.11 Å². The molecule has 9 heteroatoms. The van der Waals surface area contributed by atoms with Crippen LogP contribution in [0, 0.1) is 0 Å². The third-order valence-corrected chi connectivity index (χ3v) is 5.63. The maximum absolute atomic E-state index is 12.2. The van der Waals surface area contributed by atoms with E-state index in [-0.39, 0.29) is 38.5 Å². The fourth-order valence-corrected chi connectivity index (χ4v) is 3.96. The molecule has 9 nitrogen and oxygen atoms in total. The second-order valence-corrected chi connectivity index (χ2v) is 7.68. The third-order valence-electron chi connectivity index (χ3n) is 5.63. The lowest BCUT2D eigenvalue weighted by atomic mass is 9.98. The number of ether oxygens (including phenoxy) is 2. The van der Waals surface area contributed by atoms with E-state index >= 15 is 0 Å². The Morgan fingerprint density at radius 1 is 1.00 bits per heavy atom. The smallest absolute Gasteiger partial charge is 0.407 e. The van der Waals surface area contributed by atoms with Crippen molar-refractivity contribution in [3.63, 3.8) is 0 Å². The molecule has 0 saturated carbocycles. The summed E-state index contributed by atoms with van der Waals surface area (Å²) in [7, 11) is 1.32. The normalized spacial score (nSPS) is 14.0. The van der Waals surface area contributed by atoms with Crippen molar-refractivity contribution < 1.29 is 34.1 Å². The average Bonchev–Trinajstić information content (AvgIpc) is 3.13. The minimum Gasteiger partial charge on any atom is -0.480 e. The summed E-state index contributed by atoms with van der Waals surface area (Å²) in [6, 6.07) is 14.8. The first-order valence-corrected chi connectivity index (χ1v) is 10.7. The molecule has 2 aromatic rings. The van der Waals surface area contributed by atoms with Gasteiger partial charge in [-0.05, 0) is 22.3 Å². The number of methoxy groups -OCH3 is 1. The van der Waals surface area contributed by atoms with Gasteiger partial charge in [0, 0.05) is 39.0 Å². The standard InChI is InChI=1S/C24H28N2O7/c1-32-21(22(28)26-20(11-13-27)23(29)30)10-12-25-24(31)33-14-19-17-8-4-2-6-15(17)16-7-3-5-9-18(16)19/h2-9,19-21,27H,10-14H2,1H3,(H,25,31)(H,26,28)(H,29,30)/t20-,21?/m0/s1. The summed E-state index contributed by atoms with van der Waals surface area (Å²) in [4.78, 5) is 35.6. The average molecular weight is 456 g/mol. The molecular weight excluding hydrogens is 428 g/mol. The predicted molar refractivity (Wildman–Crippen MR) is 120 cm³/mol. The van der Waals surface area contributed by atoms with Gasteiger partial charge in [0.2, 0.25) is 5.91 Å². The summed E-state index contributed by atoms with van der Waals surface area (Å²) in [5, 5.41) is 22.9. The molecule has 0 heterocycles. The van der Waals surface area contributed by atoms with Gasteiger partial charge in [0.15, 0.2) is 0 Å². The Balaban J connectivity index is 1.49. The van der Waals surface area contributed by atoms with Crippen LogP contribution in [-0.2, 0) is 19.1 Å². The fourth-order valence-electron chi connectivity index (χ4n) is 3.96. The molecule has 0 fully saturated rings. The van der Waals surface area contributed by atoms with Gasteiger partial charge in [-0.15, -0.1) is 0 Å². The fraction of sp³-hybridized carbons (Fsp3) is 0.375. The van der Waals surface area contributed by atoms with Crippen molar-refractivity contribution in [3.05, 3.63) is 59.7 Å². The monoisotopic (exact) mass is 456 g/mol. The number of carbonyl (C=O) groups is 3. The lowest BCUT2D eigenvalue weighted by Crippen LogP contribution is -2.47. The van der Waals surface area contributed by atoms with Crippen LogP contribution in [0.15, 0.2) is 48.5 Å². The quantitative estimate of drug-likeness (QED) is 0.406. The molecule has 176 valence electrons. The molecule has 2 amide bonds. The topological polar surface area (TPSA) is 134 Å². The van der Waals surface area contributed by atoms with Crippen molar-refractivity contribution in [2.45, 2.75) is 30.9 Å². The summed E-state index contributed by atoms with van der Waals surface area (Å²) in [5.74, 6) is -1.93. The molecule has 0 aromatic heterocycles. The van der Waals surface area contributed by atoms with Crippen molar-refractivity contribution >= 4 is 18.0 Å². The van der Waals surface area contributed by atoms with Crippen LogP contribution in [0.3, 0.4) is 0 Å². The van der Waals surface area contributed by atoms with Crippen LogP contribution in [0.4, 0.5) is 4.79 Å². The molecule has 33 heavy (non-hydrogen) atoms.